The summed E-state index contributed by atoms with van der Waals surface area (Å²) in [5.41, 5.74) is -1.56. The third-order valence-corrected chi connectivity index (χ3v) is 10.5. The van der Waals surface area contributed by atoms with Gasteiger partial charge in [-0.3, -0.25) is 19.2 Å². The largest absolute Gasteiger partial charge is 0.394 e. The number of nitrogens with one attached hydrogen (secondary N) is 2. The highest BCUT2D eigenvalue weighted by Crippen LogP contribution is 2.60. The molecule has 9 nitrogen and oxygen atoms in total. The first-order valence-electron chi connectivity index (χ1n) is 15.3. The fourth-order valence-electron chi connectivity index (χ4n) is 6.67. The van der Waals surface area contributed by atoms with E-state index in [0.717, 1.165) is 37.2 Å². The minimum Gasteiger partial charge on any atom is -0.370 e. The van der Waals surface area contributed by atoms with Gasteiger partial charge < -0.3 is 15.0 Å². The lowest BCUT2D eigenvalue weighted by Crippen LogP contribution is -2.40. The van der Waals surface area contributed by atoms with E-state index < -0.39 is 17.7 Å². The minimum atomic E-state index is -4.25. The summed E-state index contributed by atoms with van der Waals surface area (Å²) in [5.74, 6) is 1.79. The molecule has 3 fully saturated rings. The monoisotopic (exact) mass is 632 g/mol. The van der Waals surface area contributed by atoms with Crippen molar-refractivity contribution in [3.8, 4) is 0 Å². The van der Waals surface area contributed by atoms with Crippen molar-refractivity contribution in [1.29, 1.82) is 0 Å². The van der Waals surface area contributed by atoms with Crippen LogP contribution in [0.15, 0.2) is 35.4 Å². The van der Waals surface area contributed by atoms with E-state index in [-0.39, 0.29) is 43.2 Å². The summed E-state index contributed by atoms with van der Waals surface area (Å²) < 4.78 is 48.6. The summed E-state index contributed by atoms with van der Waals surface area (Å²) in [6.45, 7) is 8.27. The molecule has 2 aromatic rings. The zero-order valence-corrected chi connectivity index (χ0v) is 26.1. The molecule has 4 aliphatic rings. The van der Waals surface area contributed by atoms with Gasteiger partial charge in [-0.15, -0.1) is 0 Å². The Kier molecular flexibility index (Phi) is 8.23. The van der Waals surface area contributed by atoms with E-state index in [4.69, 9.17) is 9.72 Å². The zero-order chi connectivity index (χ0) is 31.3. The Labute approximate surface area is 259 Å². The number of alkyl halides is 3. The van der Waals surface area contributed by atoms with Crippen LogP contribution in [0.5, 0.6) is 0 Å². The number of rotatable bonds is 5. The van der Waals surface area contributed by atoms with E-state index in [1.807, 2.05) is 18.2 Å². The van der Waals surface area contributed by atoms with Crippen LogP contribution in [0.25, 0.3) is 0 Å². The lowest BCUT2D eigenvalue weighted by atomic mass is 9.86. The molecule has 5 heterocycles. The summed E-state index contributed by atoms with van der Waals surface area (Å²) in [7, 11) is 0. The van der Waals surface area contributed by atoms with Crippen molar-refractivity contribution in [2.75, 3.05) is 41.4 Å². The number of nitrogens with zero attached hydrogens (tertiary/aromatic N) is 4. The van der Waals surface area contributed by atoms with Gasteiger partial charge in [0.1, 0.15) is 28.6 Å². The van der Waals surface area contributed by atoms with Crippen LogP contribution in [-0.4, -0.2) is 65.8 Å². The fourth-order valence-corrected chi connectivity index (χ4v) is 7.27. The topological polar surface area (TPSA) is 99.7 Å². The zero-order valence-electron chi connectivity index (χ0n) is 25.2. The van der Waals surface area contributed by atoms with Crippen LogP contribution in [-0.2, 0) is 9.53 Å². The highest BCUT2D eigenvalue weighted by atomic mass is 32.2. The van der Waals surface area contributed by atoms with E-state index >= 15 is 0 Å². The maximum Gasteiger partial charge on any atom is 0.394 e. The normalized spacial score (nSPS) is 26.4. The molecule has 1 aliphatic carbocycles. The fraction of sp³-hybridized carbons (Fsp3) is 0.613. The van der Waals surface area contributed by atoms with E-state index in [2.05, 4.69) is 40.7 Å². The van der Waals surface area contributed by atoms with Gasteiger partial charge in [0.15, 0.2) is 0 Å². The molecule has 2 saturated heterocycles. The van der Waals surface area contributed by atoms with Gasteiger partial charge in [0, 0.05) is 50.1 Å². The number of carbonyl (C=O) groups is 2. The Morgan fingerprint density at radius 1 is 1.11 bits per heavy atom. The smallest absolute Gasteiger partial charge is 0.370 e. The van der Waals surface area contributed by atoms with Crippen LogP contribution < -0.4 is 19.8 Å². The van der Waals surface area contributed by atoms with Crippen LogP contribution in [0.3, 0.4) is 0 Å². The van der Waals surface area contributed by atoms with Gasteiger partial charge in [-0.2, -0.15) is 13.2 Å². The van der Waals surface area contributed by atoms with Crippen molar-refractivity contribution in [2.24, 2.45) is 17.3 Å². The van der Waals surface area contributed by atoms with Gasteiger partial charge in [-0.1, -0.05) is 13.0 Å². The second kappa shape index (κ2) is 11.7. The molecule has 4 bridgehead atoms. The molecule has 2 aromatic heterocycles. The first kappa shape index (κ1) is 30.9. The Balaban J connectivity index is 1.25. The maximum absolute atomic E-state index is 13.6. The number of amides is 2. The van der Waals surface area contributed by atoms with Crippen LogP contribution in [0.1, 0.15) is 69.7 Å². The summed E-state index contributed by atoms with van der Waals surface area (Å²) in [6.07, 6.45) is -2.73. The lowest BCUT2D eigenvalue weighted by Gasteiger charge is -2.34. The quantitative estimate of drug-likeness (QED) is 0.398. The van der Waals surface area contributed by atoms with E-state index in [9.17, 15) is 22.8 Å². The van der Waals surface area contributed by atoms with Gasteiger partial charge in [0.05, 0.1) is 11.0 Å². The molecule has 2 N–H and O–H groups in total. The summed E-state index contributed by atoms with van der Waals surface area (Å²) in [4.78, 5) is 40.2. The van der Waals surface area contributed by atoms with E-state index in [1.165, 1.54) is 4.90 Å². The van der Waals surface area contributed by atoms with Crippen LogP contribution in [0.2, 0.25) is 0 Å². The van der Waals surface area contributed by atoms with Crippen molar-refractivity contribution >= 4 is 41.2 Å². The Bertz CT molecular complexity index is 1420. The van der Waals surface area contributed by atoms with Gasteiger partial charge in [0.2, 0.25) is 0 Å². The van der Waals surface area contributed by atoms with Crippen molar-refractivity contribution in [1.82, 2.24) is 14.7 Å². The predicted octanol–water partition coefficient (Wildman–Crippen LogP) is 5.82. The highest BCUT2D eigenvalue weighted by Gasteiger charge is 2.62. The molecule has 13 heteroatoms. The highest BCUT2D eigenvalue weighted by molar-refractivity contribution is 7.97. The van der Waals surface area contributed by atoms with Crippen molar-refractivity contribution in [2.45, 2.75) is 82.1 Å². The number of hydrogen-bond donors (Lipinski definition) is 2. The number of fused-ring (bicyclic) bond motifs is 6. The van der Waals surface area contributed by atoms with Gasteiger partial charge >= 0.3 is 6.18 Å². The molecule has 1 saturated carbocycles. The average Bonchev–Trinajstić information content (AvgIpc) is 3.60. The van der Waals surface area contributed by atoms with E-state index in [0.29, 0.717) is 53.6 Å². The molecular weight excluding hydrogens is 593 g/mol. The SMILES string of the molecule is CC1CCNc2cccc(n2)SNC(=O)c2ccc(N3CCC(OCCC4(C(F)(F)F)CC4)C3=O)nc2N2CC1CC2(C)C. The summed E-state index contributed by atoms with van der Waals surface area (Å²) >= 11 is 1.13. The number of halogens is 3. The summed E-state index contributed by atoms with van der Waals surface area (Å²) in [5, 5.41) is 4.06. The maximum atomic E-state index is 13.6. The number of aromatic nitrogens is 2. The van der Waals surface area contributed by atoms with Crippen LogP contribution in [0, 0.1) is 17.3 Å². The Morgan fingerprint density at radius 2 is 1.91 bits per heavy atom. The molecule has 3 unspecified atom stereocenters. The van der Waals surface area contributed by atoms with Crippen LogP contribution >= 0.6 is 11.9 Å². The van der Waals surface area contributed by atoms with Crippen molar-refractivity contribution in [3.05, 3.63) is 35.9 Å². The number of ether oxygens (including phenoxy) is 1. The Hall–Kier alpha value is -3.06. The molecule has 0 aromatic carbocycles. The number of hydrogen-bond acceptors (Lipinski definition) is 8. The third-order valence-electron chi connectivity index (χ3n) is 9.74. The first-order valence-corrected chi connectivity index (χ1v) is 16.2. The molecule has 3 aliphatic heterocycles. The third kappa shape index (κ3) is 6.09. The predicted molar refractivity (Wildman–Crippen MR) is 163 cm³/mol. The van der Waals surface area contributed by atoms with Crippen LogP contribution in [0.4, 0.5) is 30.6 Å². The molecule has 6 rings (SSSR count). The number of anilines is 3. The molecule has 0 spiro atoms. The second-order valence-corrected chi connectivity index (χ2v) is 14.0. The summed E-state index contributed by atoms with van der Waals surface area (Å²) in [6, 6.07) is 9.00. The molecule has 0 radical (unpaired) electrons. The molecule has 3 atom stereocenters. The number of pyridine rings is 2. The molecule has 2 amide bonds. The average molecular weight is 633 g/mol. The number of carbonyl (C=O) groups excluding carboxylic acids is 2. The van der Waals surface area contributed by atoms with Gasteiger partial charge in [-0.05, 0) is 82.1 Å². The standard InChI is InChI=1S/C31H39F3N6O3S/c1-19-9-14-35-23-5-4-6-25(36-23)44-38-27(41)21-7-8-24(37-26(21)40-18-20(19)17-29(40,2)3)39-15-10-22(28(39)42)43-16-13-30(11-12-30)31(32,33)34/h4-8,19-20,22H,9-18H2,1-3H3,(H,35,36)(H,38,41). The second-order valence-electron chi connectivity index (χ2n) is 13.2. The molecular formula is C31H39F3N6O3S. The van der Waals surface area contributed by atoms with Gasteiger partial charge in [-0.25, -0.2) is 9.97 Å². The molecule has 44 heavy (non-hydrogen) atoms. The molecule has 238 valence electrons. The van der Waals surface area contributed by atoms with E-state index in [1.54, 1.807) is 12.1 Å². The van der Waals surface area contributed by atoms with Gasteiger partial charge in [0.25, 0.3) is 11.8 Å². The lowest BCUT2D eigenvalue weighted by molar-refractivity contribution is -0.192. The van der Waals surface area contributed by atoms with Crippen molar-refractivity contribution in [3.63, 3.8) is 0 Å². The minimum absolute atomic E-state index is 0.113. The Morgan fingerprint density at radius 3 is 2.66 bits per heavy atom. The first-order chi connectivity index (χ1) is 20.9. The van der Waals surface area contributed by atoms with Crippen molar-refractivity contribution < 1.29 is 27.5 Å².